The molecule has 224 valence electrons. The number of amides is 2. The number of carbonyl (C=O) groups excluding carboxylic acids is 2. The molecule has 1 aromatic heterocycles. The molecule has 1 aliphatic heterocycles. The molecule has 0 spiro atoms. The van der Waals surface area contributed by atoms with Crippen molar-refractivity contribution in [2.24, 2.45) is 0 Å². The first kappa shape index (κ1) is 31.2. The van der Waals surface area contributed by atoms with E-state index < -0.39 is 12.1 Å². The predicted octanol–water partition coefficient (Wildman–Crippen LogP) is 4.60. The second-order valence-electron chi connectivity index (χ2n) is 11.7. The number of aliphatic hydroxyl groups excluding tert-OH is 1. The molecule has 0 unspecified atom stereocenters. The fourth-order valence-electron chi connectivity index (χ4n) is 5.56. The van der Waals surface area contributed by atoms with Gasteiger partial charge < -0.3 is 25.0 Å². The van der Waals surface area contributed by atoms with Crippen molar-refractivity contribution in [2.75, 3.05) is 38.8 Å². The quantitative estimate of drug-likeness (QED) is 0.329. The number of ether oxygens (including phenoxy) is 1. The van der Waals surface area contributed by atoms with Gasteiger partial charge in [0.25, 0.3) is 11.8 Å². The molecule has 2 aromatic carbocycles. The van der Waals surface area contributed by atoms with E-state index in [4.69, 9.17) is 4.74 Å². The van der Waals surface area contributed by atoms with Crippen LogP contribution in [0.5, 0.6) is 0 Å². The van der Waals surface area contributed by atoms with E-state index in [9.17, 15) is 14.7 Å². The smallest absolute Gasteiger partial charge is 0.254 e. The minimum atomic E-state index is -0.868. The van der Waals surface area contributed by atoms with E-state index in [1.807, 2.05) is 66.4 Å². The Hall–Kier alpha value is -3.75. The summed E-state index contributed by atoms with van der Waals surface area (Å²) in [5.41, 5.74) is 4.74. The minimum absolute atomic E-state index is 0.0408. The van der Waals surface area contributed by atoms with Crippen LogP contribution in [0.4, 0.5) is 5.69 Å². The average Bonchev–Trinajstić information content (AvgIpc) is 3.45. The number of pyridine rings is 1. The molecule has 0 saturated carbocycles. The molecule has 0 radical (unpaired) electrons. The fourth-order valence-corrected chi connectivity index (χ4v) is 5.56. The summed E-state index contributed by atoms with van der Waals surface area (Å²) in [5, 5.41) is 14.5. The summed E-state index contributed by atoms with van der Waals surface area (Å²) in [6.07, 6.45) is 5.07. The molecule has 1 saturated heterocycles. The molecule has 8 nitrogen and oxygen atoms in total. The SMILES string of the molecule is COC[C@H]1CCCN1C(=O)c1cc(C)cc(C(=O)N[C@@H](Cc2ccccc2)[C@H](O)CN(C)c2cncc(C(C)C)c2)c1. The summed E-state index contributed by atoms with van der Waals surface area (Å²) in [6, 6.07) is 16.6. The molecule has 8 heteroatoms. The Morgan fingerprint density at radius 1 is 1.12 bits per heavy atom. The number of methoxy groups -OCH3 is 1. The Balaban J connectivity index is 1.54. The van der Waals surface area contributed by atoms with Crippen LogP contribution >= 0.6 is 0 Å². The number of anilines is 1. The van der Waals surface area contributed by atoms with Gasteiger partial charge in [0.05, 0.1) is 36.7 Å². The Morgan fingerprint density at radius 3 is 2.57 bits per heavy atom. The van der Waals surface area contributed by atoms with Crippen LogP contribution in [-0.2, 0) is 11.2 Å². The maximum atomic E-state index is 13.6. The molecular formula is C34H44N4O4. The molecule has 3 atom stereocenters. The lowest BCUT2D eigenvalue weighted by Crippen LogP contribution is -2.49. The highest BCUT2D eigenvalue weighted by Gasteiger charge is 2.30. The number of hydrogen-bond donors (Lipinski definition) is 2. The van der Waals surface area contributed by atoms with Crippen LogP contribution in [0.3, 0.4) is 0 Å². The largest absolute Gasteiger partial charge is 0.389 e. The van der Waals surface area contributed by atoms with Gasteiger partial charge in [-0.3, -0.25) is 14.6 Å². The first-order valence-electron chi connectivity index (χ1n) is 14.8. The Labute approximate surface area is 249 Å². The minimum Gasteiger partial charge on any atom is -0.389 e. The van der Waals surface area contributed by atoms with Crippen LogP contribution in [0.2, 0.25) is 0 Å². The van der Waals surface area contributed by atoms with Crippen molar-refractivity contribution < 1.29 is 19.4 Å². The number of likely N-dealkylation sites (tertiary alicyclic amines) is 1. The summed E-state index contributed by atoms with van der Waals surface area (Å²) < 4.78 is 5.33. The average molecular weight is 573 g/mol. The van der Waals surface area contributed by atoms with E-state index in [2.05, 4.69) is 30.2 Å². The van der Waals surface area contributed by atoms with Gasteiger partial charge in [-0.2, -0.15) is 0 Å². The van der Waals surface area contributed by atoms with Gasteiger partial charge in [-0.1, -0.05) is 44.2 Å². The van der Waals surface area contributed by atoms with E-state index in [0.717, 1.165) is 35.2 Å². The summed E-state index contributed by atoms with van der Waals surface area (Å²) in [7, 11) is 3.56. The number of rotatable bonds is 12. The monoisotopic (exact) mass is 572 g/mol. The lowest BCUT2D eigenvalue weighted by atomic mass is 9.99. The highest BCUT2D eigenvalue weighted by Crippen LogP contribution is 2.23. The van der Waals surface area contributed by atoms with Gasteiger partial charge in [-0.05, 0) is 73.1 Å². The number of nitrogens with one attached hydrogen (secondary N) is 1. The molecule has 0 aliphatic carbocycles. The van der Waals surface area contributed by atoms with E-state index >= 15 is 0 Å². The lowest BCUT2D eigenvalue weighted by molar-refractivity contribution is 0.0630. The van der Waals surface area contributed by atoms with Gasteiger partial charge in [-0.25, -0.2) is 0 Å². The van der Waals surface area contributed by atoms with Crippen molar-refractivity contribution in [1.29, 1.82) is 0 Å². The van der Waals surface area contributed by atoms with Crippen molar-refractivity contribution in [3.63, 3.8) is 0 Å². The van der Waals surface area contributed by atoms with Crippen LogP contribution in [0.25, 0.3) is 0 Å². The van der Waals surface area contributed by atoms with E-state index in [1.165, 1.54) is 0 Å². The first-order valence-corrected chi connectivity index (χ1v) is 14.8. The molecular weight excluding hydrogens is 528 g/mol. The maximum Gasteiger partial charge on any atom is 0.254 e. The Kier molecular flexibility index (Phi) is 10.7. The third-order valence-electron chi connectivity index (χ3n) is 7.98. The van der Waals surface area contributed by atoms with Crippen LogP contribution in [0, 0.1) is 6.92 Å². The normalized spacial score (nSPS) is 16.4. The van der Waals surface area contributed by atoms with Gasteiger partial charge >= 0.3 is 0 Å². The van der Waals surface area contributed by atoms with Gasteiger partial charge in [0.1, 0.15) is 0 Å². The molecule has 42 heavy (non-hydrogen) atoms. The van der Waals surface area contributed by atoms with Crippen molar-refractivity contribution >= 4 is 17.5 Å². The van der Waals surface area contributed by atoms with E-state index in [-0.39, 0.29) is 17.9 Å². The number of carbonyl (C=O) groups is 2. The summed E-state index contributed by atoms with van der Waals surface area (Å²) in [5.74, 6) is -0.0796. The van der Waals surface area contributed by atoms with Crippen LogP contribution < -0.4 is 10.2 Å². The third-order valence-corrected chi connectivity index (χ3v) is 7.98. The number of nitrogens with zero attached hydrogens (tertiary/aromatic N) is 3. The molecule has 2 N–H and O–H groups in total. The zero-order valence-electron chi connectivity index (χ0n) is 25.4. The molecule has 4 rings (SSSR count). The Morgan fingerprint density at radius 2 is 1.86 bits per heavy atom. The summed E-state index contributed by atoms with van der Waals surface area (Å²) in [6.45, 7) is 7.60. The van der Waals surface area contributed by atoms with Gasteiger partial charge in [0.2, 0.25) is 0 Å². The number of hydrogen-bond acceptors (Lipinski definition) is 6. The summed E-state index contributed by atoms with van der Waals surface area (Å²) in [4.78, 5) is 35.3. The van der Waals surface area contributed by atoms with E-state index in [1.54, 1.807) is 25.4 Å². The van der Waals surface area contributed by atoms with Crippen molar-refractivity contribution in [2.45, 2.75) is 64.1 Å². The molecule has 2 heterocycles. The maximum absolute atomic E-state index is 13.6. The zero-order chi connectivity index (χ0) is 30.2. The van der Waals surface area contributed by atoms with Crippen molar-refractivity contribution in [1.82, 2.24) is 15.2 Å². The van der Waals surface area contributed by atoms with Gasteiger partial charge in [0, 0.05) is 44.6 Å². The second-order valence-corrected chi connectivity index (χ2v) is 11.7. The second kappa shape index (κ2) is 14.4. The molecule has 1 fully saturated rings. The Bertz CT molecular complexity index is 1350. The molecule has 3 aromatic rings. The number of aromatic nitrogens is 1. The predicted molar refractivity (Wildman–Crippen MR) is 166 cm³/mol. The zero-order valence-corrected chi connectivity index (χ0v) is 25.4. The fraction of sp³-hybridized carbons (Fsp3) is 0.441. The van der Waals surface area contributed by atoms with E-state index in [0.29, 0.717) is 43.2 Å². The lowest BCUT2D eigenvalue weighted by Gasteiger charge is -2.29. The highest BCUT2D eigenvalue weighted by molar-refractivity contribution is 6.00. The van der Waals surface area contributed by atoms with Gasteiger partial charge in [0.15, 0.2) is 0 Å². The molecule has 0 bridgehead atoms. The van der Waals surface area contributed by atoms with Crippen molar-refractivity contribution in [3.05, 3.63) is 94.8 Å². The number of likely N-dealkylation sites (N-methyl/N-ethyl adjacent to an activating group) is 1. The molecule has 1 aliphatic rings. The van der Waals surface area contributed by atoms with Gasteiger partial charge in [-0.15, -0.1) is 0 Å². The third kappa shape index (κ3) is 7.95. The number of aliphatic hydroxyl groups is 1. The number of benzene rings is 2. The van der Waals surface area contributed by atoms with Crippen LogP contribution in [0.1, 0.15) is 70.0 Å². The van der Waals surface area contributed by atoms with Crippen molar-refractivity contribution in [3.8, 4) is 0 Å². The first-order chi connectivity index (χ1) is 20.2. The van der Waals surface area contributed by atoms with Crippen LogP contribution in [-0.4, -0.2) is 78.8 Å². The highest BCUT2D eigenvalue weighted by atomic mass is 16.5. The van der Waals surface area contributed by atoms with Crippen LogP contribution in [0.15, 0.2) is 67.0 Å². The summed E-state index contributed by atoms with van der Waals surface area (Å²) >= 11 is 0. The topological polar surface area (TPSA) is 95.0 Å². The standard InChI is InChI=1S/C34H44N4O4/c1-23(2)28-18-30(20-35-19-28)37(4)21-32(39)31(16-25-10-7-6-8-11-25)36-33(40)26-14-24(3)15-27(17-26)34(41)38-13-9-12-29(38)22-42-5/h6-8,10-11,14-15,17-20,23,29,31-32,39H,9,12-13,16,21-22H2,1-5H3,(H,36,40)/t29-,31+,32-/m1/s1. The number of aryl methyl sites for hydroxylation is 1. The molecule has 2 amide bonds.